The van der Waals surface area contributed by atoms with Crippen molar-refractivity contribution < 1.29 is 37.4 Å². The van der Waals surface area contributed by atoms with Gasteiger partial charge >= 0.3 is 15.6 Å². The van der Waals surface area contributed by atoms with E-state index in [4.69, 9.17) is 19.4 Å². The molecular weight excluding hydrogens is 394 g/mol. The molecule has 0 saturated carbocycles. The Hall–Kier alpha value is 0.220. The summed E-state index contributed by atoms with van der Waals surface area (Å²) >= 11 is 0. The Morgan fingerprint density at radius 1 is 0.815 bits per heavy atom. The topological polar surface area (TPSA) is 126 Å². The van der Waals surface area contributed by atoms with Gasteiger partial charge in [0.15, 0.2) is 0 Å². The molecule has 0 aliphatic carbocycles. The molecule has 0 aromatic carbocycles. The molecule has 1 saturated heterocycles. The summed E-state index contributed by atoms with van der Waals surface area (Å²) in [6.45, 7) is 3.07. The number of epoxide rings is 1. The lowest BCUT2D eigenvalue weighted by molar-refractivity contribution is 0.175. The summed E-state index contributed by atoms with van der Waals surface area (Å²) in [5.74, 6) is 0. The Morgan fingerprint density at radius 2 is 1.22 bits per heavy atom. The van der Waals surface area contributed by atoms with E-state index in [0.717, 1.165) is 25.9 Å². The highest BCUT2D eigenvalue weighted by Gasteiger charge is 2.37. The van der Waals surface area contributed by atoms with Crippen molar-refractivity contribution >= 4 is 15.6 Å². The zero-order chi connectivity index (χ0) is 20.2. The van der Waals surface area contributed by atoms with Crippen LogP contribution in [0.4, 0.5) is 0 Å². The first-order valence-corrected chi connectivity index (χ1v) is 13.0. The highest BCUT2D eigenvalue weighted by Crippen LogP contribution is 2.57. The van der Waals surface area contributed by atoms with Crippen molar-refractivity contribution in [1.82, 2.24) is 0 Å². The maximum atomic E-state index is 11.2. The third-order valence-corrected chi connectivity index (χ3v) is 6.89. The standard InChI is InChI=1S/C17H36O8P2/c1-17(16-23-17)14-12-10-8-6-4-2-3-5-7-9-11-13-15-24-27(21,22)25-26(18,19)20/h2-16H2,1H3,(H,21,22)(H2,18,19,20). The zero-order valence-corrected chi connectivity index (χ0v) is 18.2. The van der Waals surface area contributed by atoms with E-state index >= 15 is 0 Å². The van der Waals surface area contributed by atoms with E-state index in [0.29, 0.717) is 6.42 Å². The van der Waals surface area contributed by atoms with Crippen LogP contribution in [-0.2, 0) is 22.7 Å². The monoisotopic (exact) mass is 430 g/mol. The number of rotatable bonds is 18. The van der Waals surface area contributed by atoms with Crippen molar-refractivity contribution in [2.45, 2.75) is 96.0 Å². The normalized spacial score (nSPS) is 21.9. The SMILES string of the molecule is CC1(CCCCCCCCCCCCCCOP(=O)(O)OP(=O)(O)O)CO1. The molecule has 1 heterocycles. The van der Waals surface area contributed by atoms with Gasteiger partial charge in [-0.3, -0.25) is 4.52 Å². The molecule has 0 radical (unpaired) electrons. The molecule has 1 aliphatic heterocycles. The number of phosphoric ester groups is 1. The van der Waals surface area contributed by atoms with Gasteiger partial charge in [0.25, 0.3) is 0 Å². The van der Waals surface area contributed by atoms with Gasteiger partial charge in [0.05, 0.1) is 18.8 Å². The second-order valence-electron chi connectivity index (χ2n) is 7.61. The van der Waals surface area contributed by atoms with Gasteiger partial charge in [-0.2, -0.15) is 4.31 Å². The Bertz CT molecular complexity index is 489. The van der Waals surface area contributed by atoms with Gasteiger partial charge in [-0.05, 0) is 19.8 Å². The Morgan fingerprint density at radius 3 is 1.63 bits per heavy atom. The molecule has 1 rings (SSSR count). The van der Waals surface area contributed by atoms with Crippen molar-refractivity contribution in [3.8, 4) is 0 Å². The van der Waals surface area contributed by atoms with Crippen LogP contribution in [0.25, 0.3) is 0 Å². The van der Waals surface area contributed by atoms with Crippen LogP contribution in [0.15, 0.2) is 0 Å². The Labute approximate surface area is 162 Å². The van der Waals surface area contributed by atoms with Crippen LogP contribution >= 0.6 is 15.6 Å². The minimum atomic E-state index is -5.02. The molecule has 27 heavy (non-hydrogen) atoms. The second-order valence-corrected chi connectivity index (χ2v) is 10.4. The van der Waals surface area contributed by atoms with Gasteiger partial charge in [-0.25, -0.2) is 9.13 Å². The molecule has 3 N–H and O–H groups in total. The average Bonchev–Trinajstić information content (AvgIpc) is 3.26. The lowest BCUT2D eigenvalue weighted by Crippen LogP contribution is -2.02. The second kappa shape index (κ2) is 12.7. The van der Waals surface area contributed by atoms with E-state index < -0.39 is 15.6 Å². The van der Waals surface area contributed by atoms with E-state index in [-0.39, 0.29) is 12.2 Å². The van der Waals surface area contributed by atoms with Gasteiger partial charge in [-0.1, -0.05) is 70.6 Å². The summed E-state index contributed by atoms with van der Waals surface area (Å²) in [5.41, 5.74) is 0.209. The van der Waals surface area contributed by atoms with Crippen LogP contribution in [0, 0.1) is 0 Å². The first-order chi connectivity index (χ1) is 12.6. The number of phosphoric acid groups is 2. The fourth-order valence-corrected chi connectivity index (χ4v) is 4.60. The third kappa shape index (κ3) is 15.8. The van der Waals surface area contributed by atoms with Crippen LogP contribution in [-0.4, -0.2) is 33.5 Å². The Balaban J connectivity index is 1.77. The molecule has 162 valence electrons. The summed E-state index contributed by atoms with van der Waals surface area (Å²) in [5, 5.41) is 0. The van der Waals surface area contributed by atoms with Gasteiger partial charge in [-0.15, -0.1) is 0 Å². The molecule has 0 amide bonds. The van der Waals surface area contributed by atoms with Gasteiger partial charge in [0, 0.05) is 0 Å². The van der Waals surface area contributed by atoms with Crippen molar-refractivity contribution in [3.63, 3.8) is 0 Å². The lowest BCUT2D eigenvalue weighted by atomic mass is 10.0. The molecule has 1 fully saturated rings. The van der Waals surface area contributed by atoms with E-state index in [9.17, 15) is 9.13 Å². The molecule has 1 aliphatic rings. The van der Waals surface area contributed by atoms with Crippen molar-refractivity contribution in [2.75, 3.05) is 13.2 Å². The number of unbranched alkanes of at least 4 members (excludes halogenated alkanes) is 11. The van der Waals surface area contributed by atoms with Crippen molar-refractivity contribution in [3.05, 3.63) is 0 Å². The molecule has 2 unspecified atom stereocenters. The van der Waals surface area contributed by atoms with Gasteiger partial charge in [0.2, 0.25) is 0 Å². The highest BCUT2D eigenvalue weighted by molar-refractivity contribution is 7.60. The molecule has 0 aromatic heterocycles. The van der Waals surface area contributed by atoms with Gasteiger partial charge < -0.3 is 19.4 Å². The van der Waals surface area contributed by atoms with Crippen LogP contribution in [0.3, 0.4) is 0 Å². The summed E-state index contributed by atoms with van der Waals surface area (Å²) in [6.07, 6.45) is 14.9. The fourth-order valence-electron chi connectivity index (χ4n) is 2.97. The number of hydrogen-bond donors (Lipinski definition) is 3. The predicted molar refractivity (Wildman–Crippen MR) is 103 cm³/mol. The number of ether oxygens (including phenoxy) is 1. The van der Waals surface area contributed by atoms with Crippen LogP contribution in [0.2, 0.25) is 0 Å². The third-order valence-electron chi connectivity index (χ3n) is 4.70. The van der Waals surface area contributed by atoms with Crippen LogP contribution in [0.5, 0.6) is 0 Å². The van der Waals surface area contributed by atoms with Crippen molar-refractivity contribution in [1.29, 1.82) is 0 Å². The minimum absolute atomic E-state index is 0.0565. The molecular formula is C17H36O8P2. The minimum Gasteiger partial charge on any atom is -0.370 e. The smallest absolute Gasteiger partial charge is 0.370 e. The molecule has 0 bridgehead atoms. The van der Waals surface area contributed by atoms with Gasteiger partial charge in [0.1, 0.15) is 0 Å². The highest BCUT2D eigenvalue weighted by atomic mass is 31.3. The summed E-state index contributed by atoms with van der Waals surface area (Å²) < 4.78 is 35.3. The quantitative estimate of drug-likeness (QED) is 0.156. The molecule has 8 nitrogen and oxygen atoms in total. The van der Waals surface area contributed by atoms with E-state index in [2.05, 4.69) is 15.8 Å². The summed E-state index contributed by atoms with van der Waals surface area (Å²) in [4.78, 5) is 26.0. The largest absolute Gasteiger partial charge is 0.481 e. The van der Waals surface area contributed by atoms with E-state index in [1.165, 1.54) is 57.8 Å². The lowest BCUT2D eigenvalue weighted by Gasteiger charge is -2.12. The zero-order valence-electron chi connectivity index (χ0n) is 16.4. The molecule has 0 spiro atoms. The molecule has 2 atom stereocenters. The summed E-state index contributed by atoms with van der Waals surface area (Å²) in [7, 11) is -9.70. The van der Waals surface area contributed by atoms with Crippen molar-refractivity contribution in [2.24, 2.45) is 0 Å². The maximum absolute atomic E-state index is 11.2. The first kappa shape index (κ1) is 25.3. The molecule has 0 aromatic rings. The fraction of sp³-hybridized carbons (Fsp3) is 1.00. The van der Waals surface area contributed by atoms with E-state index in [1.807, 2.05) is 0 Å². The number of hydrogen-bond acceptors (Lipinski definition) is 5. The first-order valence-electron chi connectivity index (χ1n) is 10.0. The Kier molecular flexibility index (Phi) is 11.9. The summed E-state index contributed by atoms with van der Waals surface area (Å²) in [6, 6.07) is 0. The predicted octanol–water partition coefficient (Wildman–Crippen LogP) is 5.07. The van der Waals surface area contributed by atoms with Crippen LogP contribution in [0.1, 0.15) is 90.4 Å². The van der Waals surface area contributed by atoms with E-state index in [1.54, 1.807) is 0 Å². The van der Waals surface area contributed by atoms with Crippen LogP contribution < -0.4 is 0 Å². The average molecular weight is 430 g/mol. The maximum Gasteiger partial charge on any atom is 0.481 e. The molecule has 10 heteroatoms.